The van der Waals surface area contributed by atoms with E-state index < -0.39 is 0 Å². The van der Waals surface area contributed by atoms with Crippen LogP contribution in [0.3, 0.4) is 0 Å². The number of hydrogen-bond donors (Lipinski definition) is 1. The highest BCUT2D eigenvalue weighted by Gasteiger charge is 2.17. The number of ketones is 1. The second-order valence-corrected chi connectivity index (χ2v) is 8.41. The number of carbonyl (C=O) groups excluding carboxylic acids is 2. The third-order valence-corrected chi connectivity index (χ3v) is 5.88. The molecule has 1 heterocycles. The summed E-state index contributed by atoms with van der Waals surface area (Å²) in [5.74, 6) is 0.979. The standard InChI is InChI=1S/C26H21N5O3S/c1-18(32)20-6-5-7-21(14-20)28-25(33)17-35-26-30-29-24(31(26)22-8-3-2-4-9-22)16-34-23-12-10-19(15-27)11-13-23/h2-14H,16-17H2,1H3,(H,28,33). The van der Waals surface area contributed by atoms with Crippen molar-refractivity contribution in [2.24, 2.45) is 0 Å². The number of benzene rings is 3. The molecule has 4 rings (SSSR count). The van der Waals surface area contributed by atoms with Gasteiger partial charge in [-0.2, -0.15) is 5.26 Å². The normalized spacial score (nSPS) is 10.4. The molecule has 3 aromatic carbocycles. The maximum atomic E-state index is 12.6. The molecule has 0 radical (unpaired) electrons. The first kappa shape index (κ1) is 23.7. The van der Waals surface area contributed by atoms with Crippen LogP contribution in [0.25, 0.3) is 5.69 Å². The van der Waals surface area contributed by atoms with Crippen LogP contribution in [0, 0.1) is 11.3 Å². The van der Waals surface area contributed by atoms with E-state index in [2.05, 4.69) is 21.6 Å². The Morgan fingerprint density at radius 2 is 1.80 bits per heavy atom. The average molecular weight is 484 g/mol. The van der Waals surface area contributed by atoms with E-state index in [1.807, 2.05) is 34.9 Å². The van der Waals surface area contributed by atoms with E-state index in [9.17, 15) is 9.59 Å². The minimum atomic E-state index is -0.228. The Balaban J connectivity index is 1.47. The highest BCUT2D eigenvalue weighted by molar-refractivity contribution is 7.99. The SMILES string of the molecule is CC(=O)c1cccc(NC(=O)CSc2nnc(COc3ccc(C#N)cc3)n2-c2ccccc2)c1. The van der Waals surface area contributed by atoms with Crippen molar-refractivity contribution in [3.8, 4) is 17.5 Å². The number of nitriles is 1. The van der Waals surface area contributed by atoms with Gasteiger partial charge in [0.2, 0.25) is 5.91 Å². The lowest BCUT2D eigenvalue weighted by molar-refractivity contribution is -0.113. The largest absolute Gasteiger partial charge is 0.486 e. The van der Waals surface area contributed by atoms with Crippen LogP contribution in [0.1, 0.15) is 28.7 Å². The summed E-state index contributed by atoms with van der Waals surface area (Å²) >= 11 is 1.25. The fourth-order valence-corrected chi connectivity index (χ4v) is 4.01. The molecule has 0 spiro atoms. The number of carbonyl (C=O) groups is 2. The highest BCUT2D eigenvalue weighted by Crippen LogP contribution is 2.24. The molecule has 1 aromatic heterocycles. The molecule has 0 saturated heterocycles. The summed E-state index contributed by atoms with van der Waals surface area (Å²) in [4.78, 5) is 24.1. The van der Waals surface area contributed by atoms with Crippen LogP contribution in [0.4, 0.5) is 5.69 Å². The lowest BCUT2D eigenvalue weighted by atomic mass is 10.1. The lowest BCUT2D eigenvalue weighted by Crippen LogP contribution is -2.15. The second kappa shape index (κ2) is 11.1. The maximum absolute atomic E-state index is 12.6. The monoisotopic (exact) mass is 483 g/mol. The quantitative estimate of drug-likeness (QED) is 0.272. The Labute approximate surface area is 206 Å². The summed E-state index contributed by atoms with van der Waals surface area (Å²) in [6.07, 6.45) is 0. The van der Waals surface area contributed by atoms with Crippen LogP contribution in [-0.4, -0.2) is 32.2 Å². The first-order valence-corrected chi connectivity index (χ1v) is 11.7. The van der Waals surface area contributed by atoms with Crippen LogP contribution in [-0.2, 0) is 11.4 Å². The van der Waals surface area contributed by atoms with Gasteiger partial charge in [0.25, 0.3) is 0 Å². The number of hydrogen-bond acceptors (Lipinski definition) is 7. The summed E-state index contributed by atoms with van der Waals surface area (Å²) in [5, 5.41) is 20.9. The van der Waals surface area contributed by atoms with Gasteiger partial charge in [0.1, 0.15) is 12.4 Å². The Bertz CT molecular complexity index is 1380. The predicted octanol–water partition coefficient (Wildman–Crippen LogP) is 4.65. The van der Waals surface area contributed by atoms with E-state index in [1.54, 1.807) is 48.5 Å². The van der Waals surface area contributed by atoms with Crippen molar-refractivity contribution in [1.82, 2.24) is 14.8 Å². The first-order valence-electron chi connectivity index (χ1n) is 10.7. The molecule has 9 heteroatoms. The third kappa shape index (κ3) is 6.13. The Morgan fingerprint density at radius 1 is 1.03 bits per heavy atom. The molecule has 0 atom stereocenters. The maximum Gasteiger partial charge on any atom is 0.234 e. The number of nitrogens with zero attached hydrogens (tertiary/aromatic N) is 4. The molecule has 0 bridgehead atoms. The number of nitrogens with one attached hydrogen (secondary N) is 1. The van der Waals surface area contributed by atoms with E-state index >= 15 is 0 Å². The van der Waals surface area contributed by atoms with Gasteiger partial charge in [0, 0.05) is 16.9 Å². The zero-order chi connectivity index (χ0) is 24.6. The third-order valence-electron chi connectivity index (χ3n) is 4.95. The summed E-state index contributed by atoms with van der Waals surface area (Å²) in [6.45, 7) is 1.63. The van der Waals surface area contributed by atoms with Crippen LogP contribution in [0.2, 0.25) is 0 Å². The second-order valence-electron chi connectivity index (χ2n) is 7.47. The van der Waals surface area contributed by atoms with Crippen molar-refractivity contribution in [1.29, 1.82) is 5.26 Å². The Kier molecular flexibility index (Phi) is 7.55. The van der Waals surface area contributed by atoms with E-state index in [-0.39, 0.29) is 24.1 Å². The number of para-hydroxylation sites is 1. The summed E-state index contributed by atoms with van der Waals surface area (Å²) in [6, 6.07) is 25.3. The molecule has 0 aliphatic rings. The van der Waals surface area contributed by atoms with Gasteiger partial charge >= 0.3 is 0 Å². The average Bonchev–Trinajstić information content (AvgIpc) is 3.30. The topological polar surface area (TPSA) is 110 Å². The number of thioether (sulfide) groups is 1. The molecule has 0 saturated carbocycles. The Morgan fingerprint density at radius 3 is 2.51 bits per heavy atom. The van der Waals surface area contributed by atoms with Crippen LogP contribution >= 0.6 is 11.8 Å². The van der Waals surface area contributed by atoms with Gasteiger partial charge in [0.15, 0.2) is 16.8 Å². The molecule has 0 fully saturated rings. The minimum absolute atomic E-state index is 0.0674. The van der Waals surface area contributed by atoms with Gasteiger partial charge in [-0.1, -0.05) is 42.1 Å². The number of aromatic nitrogens is 3. The molecular weight excluding hydrogens is 462 g/mol. The Hall–Kier alpha value is -4.42. The molecule has 1 amide bonds. The molecule has 4 aromatic rings. The zero-order valence-electron chi connectivity index (χ0n) is 18.8. The summed E-state index contributed by atoms with van der Waals surface area (Å²) in [7, 11) is 0. The van der Waals surface area contributed by atoms with Crippen LogP contribution < -0.4 is 10.1 Å². The first-order chi connectivity index (χ1) is 17.0. The van der Waals surface area contributed by atoms with Gasteiger partial charge in [0.05, 0.1) is 17.4 Å². The van der Waals surface area contributed by atoms with E-state index in [0.29, 0.717) is 33.5 Å². The number of anilines is 1. The number of ether oxygens (including phenoxy) is 1. The van der Waals surface area contributed by atoms with Crippen LogP contribution in [0.5, 0.6) is 5.75 Å². The smallest absolute Gasteiger partial charge is 0.234 e. The van der Waals surface area contributed by atoms with Gasteiger partial charge in [-0.3, -0.25) is 14.2 Å². The molecule has 0 aliphatic carbocycles. The number of Topliss-reactive ketones (excluding diaryl/α,β-unsaturated/α-hetero) is 1. The lowest BCUT2D eigenvalue weighted by Gasteiger charge is -2.11. The molecule has 35 heavy (non-hydrogen) atoms. The predicted molar refractivity (Wildman–Crippen MR) is 133 cm³/mol. The van der Waals surface area contributed by atoms with Gasteiger partial charge < -0.3 is 10.1 Å². The van der Waals surface area contributed by atoms with Crippen molar-refractivity contribution in [2.75, 3.05) is 11.1 Å². The summed E-state index contributed by atoms with van der Waals surface area (Å²) < 4.78 is 7.70. The van der Waals surface area contributed by atoms with Crippen molar-refractivity contribution in [3.63, 3.8) is 0 Å². The minimum Gasteiger partial charge on any atom is -0.486 e. The molecule has 8 nitrogen and oxygen atoms in total. The van der Waals surface area contributed by atoms with Crippen LogP contribution in [0.15, 0.2) is 84.0 Å². The molecule has 1 N–H and O–H groups in total. The highest BCUT2D eigenvalue weighted by atomic mass is 32.2. The van der Waals surface area contributed by atoms with E-state index in [4.69, 9.17) is 10.00 Å². The van der Waals surface area contributed by atoms with E-state index in [0.717, 1.165) is 5.69 Å². The fraction of sp³-hybridized carbons (Fsp3) is 0.115. The number of amides is 1. The number of rotatable bonds is 9. The van der Waals surface area contributed by atoms with Crippen molar-refractivity contribution in [2.45, 2.75) is 18.7 Å². The van der Waals surface area contributed by atoms with Gasteiger partial charge in [-0.15, -0.1) is 10.2 Å². The van der Waals surface area contributed by atoms with Gasteiger partial charge in [-0.25, -0.2) is 0 Å². The molecule has 0 unspecified atom stereocenters. The molecular formula is C26H21N5O3S. The zero-order valence-corrected chi connectivity index (χ0v) is 19.7. The van der Waals surface area contributed by atoms with Gasteiger partial charge in [-0.05, 0) is 55.5 Å². The van der Waals surface area contributed by atoms with Crippen molar-refractivity contribution >= 4 is 29.1 Å². The van der Waals surface area contributed by atoms with Crippen molar-refractivity contribution in [3.05, 3.63) is 95.8 Å². The van der Waals surface area contributed by atoms with E-state index in [1.165, 1.54) is 18.7 Å². The summed E-state index contributed by atoms with van der Waals surface area (Å²) in [5.41, 5.74) is 2.48. The molecule has 174 valence electrons. The molecule has 0 aliphatic heterocycles. The van der Waals surface area contributed by atoms with Crippen molar-refractivity contribution < 1.29 is 14.3 Å². The fourth-order valence-electron chi connectivity index (χ4n) is 3.24.